The van der Waals surface area contributed by atoms with Gasteiger partial charge in [-0.15, -0.1) is 0 Å². The molecule has 0 radical (unpaired) electrons. The Morgan fingerprint density at radius 1 is 1.28 bits per heavy atom. The van der Waals surface area contributed by atoms with E-state index in [4.69, 9.17) is 19.8 Å². The zero-order valence-electron chi connectivity index (χ0n) is 17.5. The van der Waals surface area contributed by atoms with Crippen LogP contribution in [0.5, 0.6) is 11.5 Å². The van der Waals surface area contributed by atoms with Crippen molar-refractivity contribution in [3.63, 3.8) is 0 Å². The highest BCUT2D eigenvalue weighted by atomic mass is 16.5. The average molecular weight is 400 g/mol. The molecule has 0 fully saturated rings. The SMILES string of the molecule is CC1(/C=C/CCCCCCC#N)CCc2cc(OCCCCC(=O)O)ccc2O1. The van der Waals surface area contributed by atoms with Gasteiger partial charge in [-0.1, -0.05) is 18.9 Å². The number of aryl methyl sites for hydroxylation is 1. The fraction of sp³-hybridized carbons (Fsp3) is 0.583. The highest BCUT2D eigenvalue weighted by molar-refractivity contribution is 5.66. The van der Waals surface area contributed by atoms with Gasteiger partial charge in [-0.05, 0) is 81.7 Å². The zero-order valence-corrected chi connectivity index (χ0v) is 17.5. The monoisotopic (exact) mass is 399 g/mol. The first-order valence-corrected chi connectivity index (χ1v) is 10.7. The lowest BCUT2D eigenvalue weighted by Gasteiger charge is -2.33. The minimum absolute atomic E-state index is 0.189. The van der Waals surface area contributed by atoms with Crippen molar-refractivity contribution in [2.75, 3.05) is 6.61 Å². The van der Waals surface area contributed by atoms with Gasteiger partial charge in [-0.25, -0.2) is 0 Å². The molecule has 5 heteroatoms. The molecule has 1 aliphatic heterocycles. The van der Waals surface area contributed by atoms with Gasteiger partial charge >= 0.3 is 5.97 Å². The first kappa shape index (κ1) is 22.8. The van der Waals surface area contributed by atoms with Crippen LogP contribution in [0.25, 0.3) is 0 Å². The van der Waals surface area contributed by atoms with E-state index in [1.165, 1.54) is 6.42 Å². The number of hydrogen-bond donors (Lipinski definition) is 1. The second-order valence-electron chi connectivity index (χ2n) is 7.90. The van der Waals surface area contributed by atoms with Crippen LogP contribution in [0, 0.1) is 11.3 Å². The number of nitriles is 1. The molecule has 1 N–H and O–H groups in total. The molecule has 29 heavy (non-hydrogen) atoms. The van der Waals surface area contributed by atoms with Crippen molar-refractivity contribution in [2.45, 2.75) is 83.2 Å². The number of carboxylic acid groups (broad SMARTS) is 1. The van der Waals surface area contributed by atoms with Gasteiger partial charge in [0.2, 0.25) is 0 Å². The van der Waals surface area contributed by atoms with Crippen molar-refractivity contribution in [2.24, 2.45) is 0 Å². The summed E-state index contributed by atoms with van der Waals surface area (Å²) >= 11 is 0. The Balaban J connectivity index is 1.74. The summed E-state index contributed by atoms with van der Waals surface area (Å²) in [5.41, 5.74) is 0.893. The number of unbranched alkanes of at least 4 members (excludes halogenated alkanes) is 6. The van der Waals surface area contributed by atoms with Gasteiger partial charge < -0.3 is 14.6 Å². The van der Waals surface area contributed by atoms with Gasteiger partial charge in [0.1, 0.15) is 17.1 Å². The van der Waals surface area contributed by atoms with Crippen LogP contribution in [0.2, 0.25) is 0 Å². The summed E-state index contributed by atoms with van der Waals surface area (Å²) in [6, 6.07) is 8.13. The lowest BCUT2D eigenvalue weighted by molar-refractivity contribution is -0.137. The van der Waals surface area contributed by atoms with Crippen molar-refractivity contribution in [1.82, 2.24) is 0 Å². The predicted molar refractivity (Wildman–Crippen MR) is 113 cm³/mol. The van der Waals surface area contributed by atoms with Gasteiger partial charge in [-0.2, -0.15) is 5.26 Å². The molecular formula is C24H33NO4. The first-order valence-electron chi connectivity index (χ1n) is 10.7. The molecule has 5 nitrogen and oxygen atoms in total. The third kappa shape index (κ3) is 8.60. The Morgan fingerprint density at radius 2 is 2.10 bits per heavy atom. The van der Waals surface area contributed by atoms with Crippen LogP contribution in [0.1, 0.15) is 76.7 Å². The van der Waals surface area contributed by atoms with E-state index in [0.29, 0.717) is 19.4 Å². The summed E-state index contributed by atoms with van der Waals surface area (Å²) in [6.45, 7) is 2.66. The number of carboxylic acids is 1. The summed E-state index contributed by atoms with van der Waals surface area (Å²) < 4.78 is 12.0. The maximum absolute atomic E-state index is 10.5. The molecular weight excluding hydrogens is 366 g/mol. The topological polar surface area (TPSA) is 79.5 Å². The van der Waals surface area contributed by atoms with Crippen molar-refractivity contribution in [3.05, 3.63) is 35.9 Å². The Labute approximate surface area is 174 Å². The molecule has 0 bridgehead atoms. The molecule has 158 valence electrons. The summed E-state index contributed by atoms with van der Waals surface area (Å²) in [4.78, 5) is 10.5. The largest absolute Gasteiger partial charge is 0.494 e. The summed E-state index contributed by atoms with van der Waals surface area (Å²) in [5.74, 6) is 0.972. The van der Waals surface area contributed by atoms with Crippen molar-refractivity contribution >= 4 is 5.97 Å². The van der Waals surface area contributed by atoms with E-state index in [-0.39, 0.29) is 12.0 Å². The zero-order chi connectivity index (χ0) is 21.0. The van der Waals surface area contributed by atoms with E-state index in [1.807, 2.05) is 18.2 Å². The molecule has 1 aromatic carbocycles. The molecule has 1 atom stereocenters. The molecule has 0 spiro atoms. The minimum Gasteiger partial charge on any atom is -0.494 e. The van der Waals surface area contributed by atoms with E-state index < -0.39 is 5.97 Å². The van der Waals surface area contributed by atoms with Gasteiger partial charge in [0.15, 0.2) is 0 Å². The number of ether oxygens (including phenoxy) is 2. The second kappa shape index (κ2) is 12.2. The van der Waals surface area contributed by atoms with Crippen LogP contribution in [-0.2, 0) is 11.2 Å². The number of aliphatic carboxylic acids is 1. The van der Waals surface area contributed by atoms with E-state index in [1.54, 1.807) is 0 Å². The van der Waals surface area contributed by atoms with E-state index in [9.17, 15) is 4.79 Å². The smallest absolute Gasteiger partial charge is 0.303 e. The van der Waals surface area contributed by atoms with Gasteiger partial charge in [0.25, 0.3) is 0 Å². The fourth-order valence-corrected chi connectivity index (χ4v) is 3.46. The highest BCUT2D eigenvalue weighted by Gasteiger charge is 2.29. The van der Waals surface area contributed by atoms with Crippen LogP contribution < -0.4 is 9.47 Å². The number of nitrogens with zero attached hydrogens (tertiary/aromatic N) is 1. The summed E-state index contributed by atoms with van der Waals surface area (Å²) in [5, 5.41) is 17.2. The summed E-state index contributed by atoms with van der Waals surface area (Å²) in [6.07, 6.45) is 14.0. The van der Waals surface area contributed by atoms with E-state index >= 15 is 0 Å². The third-order valence-corrected chi connectivity index (χ3v) is 5.20. The maximum Gasteiger partial charge on any atom is 0.303 e. The molecule has 2 rings (SSSR count). The normalized spacial score (nSPS) is 18.1. The average Bonchev–Trinajstić information content (AvgIpc) is 2.69. The molecule has 1 aliphatic rings. The van der Waals surface area contributed by atoms with Crippen molar-refractivity contribution < 1.29 is 19.4 Å². The molecule has 0 aliphatic carbocycles. The molecule has 0 saturated carbocycles. The van der Waals surface area contributed by atoms with Crippen molar-refractivity contribution in [3.8, 4) is 17.6 Å². The standard InChI is InChI=1S/C24H33NO4/c1-24(15-8-5-3-2-4-6-9-17-25)16-14-20-19-21(12-13-22(20)29-24)28-18-10-7-11-23(26)27/h8,12-13,15,19H,2-7,9-11,14,16,18H2,1H3,(H,26,27)/b15-8+. The maximum atomic E-state index is 10.5. The molecule has 1 unspecified atom stereocenters. The predicted octanol–water partition coefficient (Wildman–Crippen LogP) is 5.82. The van der Waals surface area contributed by atoms with Crippen LogP contribution in [-0.4, -0.2) is 23.3 Å². The van der Waals surface area contributed by atoms with Crippen LogP contribution in [0.4, 0.5) is 0 Å². The van der Waals surface area contributed by atoms with Crippen molar-refractivity contribution in [1.29, 1.82) is 5.26 Å². The lowest BCUT2D eigenvalue weighted by Crippen LogP contribution is -2.34. The van der Waals surface area contributed by atoms with Crippen LogP contribution in [0.15, 0.2) is 30.4 Å². The Hall–Kier alpha value is -2.48. The Kier molecular flexibility index (Phi) is 9.56. The molecule has 0 saturated heterocycles. The van der Waals surface area contributed by atoms with Crippen LogP contribution in [0.3, 0.4) is 0 Å². The van der Waals surface area contributed by atoms with Gasteiger partial charge in [0, 0.05) is 12.8 Å². The molecule has 0 aromatic heterocycles. The molecule has 1 heterocycles. The first-order chi connectivity index (χ1) is 14.0. The lowest BCUT2D eigenvalue weighted by atomic mass is 9.91. The van der Waals surface area contributed by atoms with Gasteiger partial charge in [-0.3, -0.25) is 4.79 Å². The van der Waals surface area contributed by atoms with E-state index in [0.717, 1.165) is 62.0 Å². The Bertz CT molecular complexity index is 722. The number of fused-ring (bicyclic) bond motifs is 1. The van der Waals surface area contributed by atoms with Crippen LogP contribution >= 0.6 is 0 Å². The Morgan fingerprint density at radius 3 is 2.90 bits per heavy atom. The number of rotatable bonds is 13. The van der Waals surface area contributed by atoms with Gasteiger partial charge in [0.05, 0.1) is 12.7 Å². The second-order valence-corrected chi connectivity index (χ2v) is 7.90. The highest BCUT2D eigenvalue weighted by Crippen LogP contribution is 2.36. The molecule has 1 aromatic rings. The number of allylic oxidation sites excluding steroid dienone is 1. The van der Waals surface area contributed by atoms with E-state index in [2.05, 4.69) is 25.1 Å². The molecule has 0 amide bonds. The quantitative estimate of drug-likeness (QED) is 0.334. The number of benzene rings is 1. The summed E-state index contributed by atoms with van der Waals surface area (Å²) in [7, 11) is 0. The number of hydrogen-bond acceptors (Lipinski definition) is 4. The third-order valence-electron chi connectivity index (χ3n) is 5.20. The fourth-order valence-electron chi connectivity index (χ4n) is 3.46. The minimum atomic E-state index is -0.761. The number of carbonyl (C=O) groups is 1.